The van der Waals surface area contributed by atoms with E-state index < -0.39 is 0 Å². The number of esters is 1. The third-order valence-electron chi connectivity index (χ3n) is 2.37. The highest BCUT2D eigenvalue weighted by molar-refractivity contribution is 5.93. The van der Waals surface area contributed by atoms with Crippen molar-refractivity contribution in [2.24, 2.45) is 0 Å². The molecular formula is C10H14N2O2. The van der Waals surface area contributed by atoms with E-state index in [1.807, 2.05) is 6.07 Å². The van der Waals surface area contributed by atoms with Crippen LogP contribution in [0.3, 0.4) is 0 Å². The van der Waals surface area contributed by atoms with Crippen molar-refractivity contribution in [3.63, 3.8) is 0 Å². The van der Waals surface area contributed by atoms with E-state index in [1.165, 1.54) is 12.8 Å². The summed E-state index contributed by atoms with van der Waals surface area (Å²) >= 11 is 0. The second-order valence-corrected chi connectivity index (χ2v) is 3.55. The summed E-state index contributed by atoms with van der Waals surface area (Å²) in [5.74, 6) is 0.206. The van der Waals surface area contributed by atoms with Crippen molar-refractivity contribution in [3.8, 4) is 0 Å². The second kappa shape index (κ2) is 3.36. The molecule has 76 valence electrons. The molecule has 1 aromatic rings. The molecule has 0 amide bonds. The number of nitrogens with two attached hydrogens (primary N) is 1. The largest absolute Gasteiger partial charge is 0.461 e. The quantitative estimate of drug-likeness (QED) is 0.719. The number of H-pyrrole nitrogens is 1. The average molecular weight is 194 g/mol. The summed E-state index contributed by atoms with van der Waals surface area (Å²) in [6, 6.07) is 1.84. The molecule has 0 saturated heterocycles. The Morgan fingerprint density at radius 1 is 1.71 bits per heavy atom. The molecule has 0 bridgehead atoms. The molecule has 0 spiro atoms. The van der Waals surface area contributed by atoms with E-state index in [0.717, 1.165) is 5.69 Å². The van der Waals surface area contributed by atoms with E-state index in [2.05, 4.69) is 4.98 Å². The fourth-order valence-electron chi connectivity index (χ4n) is 1.48. The van der Waals surface area contributed by atoms with Crippen LogP contribution in [-0.2, 0) is 4.74 Å². The predicted octanol–water partition coefficient (Wildman–Crippen LogP) is 1.65. The Bertz CT molecular complexity index is 353. The summed E-state index contributed by atoms with van der Waals surface area (Å²) < 4.78 is 4.87. The van der Waals surface area contributed by atoms with Gasteiger partial charge in [-0.25, -0.2) is 4.79 Å². The maximum atomic E-state index is 11.4. The van der Waals surface area contributed by atoms with Crippen molar-refractivity contribution in [1.82, 2.24) is 4.98 Å². The van der Waals surface area contributed by atoms with Crippen LogP contribution in [0.5, 0.6) is 0 Å². The third-order valence-corrected chi connectivity index (χ3v) is 2.37. The Labute approximate surface area is 82.4 Å². The molecule has 2 rings (SSSR count). The molecular weight excluding hydrogens is 180 g/mol. The summed E-state index contributed by atoms with van der Waals surface area (Å²) in [7, 11) is 0. The Morgan fingerprint density at radius 3 is 3.00 bits per heavy atom. The standard InChI is InChI=1S/C10H14N2O2/c1-2-14-10(13)9-7(11)5-8(12-9)6-3-4-6/h5-6,12H,2-4,11H2,1H3. The van der Waals surface area contributed by atoms with Gasteiger partial charge in [-0.2, -0.15) is 0 Å². The van der Waals surface area contributed by atoms with E-state index in [1.54, 1.807) is 6.92 Å². The molecule has 14 heavy (non-hydrogen) atoms. The number of aromatic nitrogens is 1. The third kappa shape index (κ3) is 1.60. The number of nitrogen functional groups attached to an aromatic ring is 1. The van der Waals surface area contributed by atoms with Gasteiger partial charge in [0.1, 0.15) is 5.69 Å². The zero-order valence-corrected chi connectivity index (χ0v) is 8.17. The first-order valence-corrected chi connectivity index (χ1v) is 4.88. The Kier molecular flexibility index (Phi) is 2.19. The summed E-state index contributed by atoms with van der Waals surface area (Å²) in [6.45, 7) is 2.15. The van der Waals surface area contributed by atoms with Crippen molar-refractivity contribution in [1.29, 1.82) is 0 Å². The van der Waals surface area contributed by atoms with Gasteiger partial charge in [-0.1, -0.05) is 0 Å². The molecule has 4 nitrogen and oxygen atoms in total. The molecule has 0 atom stereocenters. The van der Waals surface area contributed by atoms with Gasteiger partial charge >= 0.3 is 5.97 Å². The Morgan fingerprint density at radius 2 is 2.43 bits per heavy atom. The van der Waals surface area contributed by atoms with Crippen LogP contribution >= 0.6 is 0 Å². The van der Waals surface area contributed by atoms with Crippen LogP contribution in [0, 0.1) is 0 Å². The first kappa shape index (κ1) is 9.12. The molecule has 1 heterocycles. The van der Waals surface area contributed by atoms with Crippen LogP contribution < -0.4 is 5.73 Å². The molecule has 1 saturated carbocycles. The summed E-state index contributed by atoms with van der Waals surface area (Å²) in [4.78, 5) is 14.4. The fourth-order valence-corrected chi connectivity index (χ4v) is 1.48. The summed E-state index contributed by atoms with van der Waals surface area (Å²) in [5.41, 5.74) is 7.65. The van der Waals surface area contributed by atoms with Gasteiger partial charge in [0.2, 0.25) is 0 Å². The van der Waals surface area contributed by atoms with E-state index in [9.17, 15) is 4.79 Å². The smallest absolute Gasteiger partial charge is 0.356 e. The molecule has 3 N–H and O–H groups in total. The molecule has 1 aromatic heterocycles. The maximum absolute atomic E-state index is 11.4. The number of hydrogen-bond donors (Lipinski definition) is 2. The van der Waals surface area contributed by atoms with Gasteiger partial charge < -0.3 is 15.5 Å². The van der Waals surface area contributed by atoms with Crippen LogP contribution in [0.25, 0.3) is 0 Å². The number of hydrogen-bond acceptors (Lipinski definition) is 3. The first-order chi connectivity index (χ1) is 6.72. The minimum absolute atomic E-state index is 0.364. The van der Waals surface area contributed by atoms with E-state index in [-0.39, 0.29) is 5.97 Å². The van der Waals surface area contributed by atoms with Gasteiger partial charge in [-0.05, 0) is 31.7 Å². The van der Waals surface area contributed by atoms with Gasteiger partial charge in [-0.3, -0.25) is 0 Å². The lowest BCUT2D eigenvalue weighted by Crippen LogP contribution is -2.07. The number of carbonyl (C=O) groups is 1. The highest BCUT2D eigenvalue weighted by atomic mass is 16.5. The second-order valence-electron chi connectivity index (χ2n) is 3.55. The van der Waals surface area contributed by atoms with Gasteiger partial charge in [0, 0.05) is 5.69 Å². The van der Waals surface area contributed by atoms with Crippen molar-refractivity contribution in [2.45, 2.75) is 25.7 Å². The van der Waals surface area contributed by atoms with Crippen LogP contribution in [0.4, 0.5) is 5.69 Å². The number of rotatable bonds is 3. The van der Waals surface area contributed by atoms with Crippen molar-refractivity contribution < 1.29 is 9.53 Å². The summed E-state index contributed by atoms with van der Waals surface area (Å²) in [6.07, 6.45) is 2.37. The number of anilines is 1. The van der Waals surface area contributed by atoms with E-state index in [4.69, 9.17) is 10.5 Å². The molecule has 0 aromatic carbocycles. The van der Waals surface area contributed by atoms with Crippen LogP contribution in [-0.4, -0.2) is 17.6 Å². The number of carbonyl (C=O) groups excluding carboxylic acids is 1. The molecule has 0 unspecified atom stereocenters. The molecule has 0 aliphatic heterocycles. The van der Waals surface area contributed by atoms with Gasteiger partial charge in [0.25, 0.3) is 0 Å². The van der Waals surface area contributed by atoms with Crippen molar-refractivity contribution in [2.75, 3.05) is 12.3 Å². The minimum Gasteiger partial charge on any atom is -0.461 e. The van der Waals surface area contributed by atoms with Gasteiger partial charge in [-0.15, -0.1) is 0 Å². The minimum atomic E-state index is -0.364. The van der Waals surface area contributed by atoms with Crippen molar-refractivity contribution in [3.05, 3.63) is 17.5 Å². The van der Waals surface area contributed by atoms with E-state index in [0.29, 0.717) is 23.9 Å². The monoisotopic (exact) mass is 194 g/mol. The maximum Gasteiger partial charge on any atom is 0.356 e. The zero-order valence-electron chi connectivity index (χ0n) is 8.17. The summed E-state index contributed by atoms with van der Waals surface area (Å²) in [5, 5.41) is 0. The van der Waals surface area contributed by atoms with Gasteiger partial charge in [0.05, 0.1) is 12.3 Å². The van der Waals surface area contributed by atoms with Crippen LogP contribution in [0.1, 0.15) is 41.9 Å². The molecule has 4 heteroatoms. The number of ether oxygens (including phenoxy) is 1. The average Bonchev–Trinajstić information content (AvgIpc) is 2.91. The van der Waals surface area contributed by atoms with Gasteiger partial charge in [0.15, 0.2) is 0 Å². The Hall–Kier alpha value is -1.45. The van der Waals surface area contributed by atoms with Crippen LogP contribution in [0.2, 0.25) is 0 Å². The molecule has 0 radical (unpaired) electrons. The van der Waals surface area contributed by atoms with Crippen LogP contribution in [0.15, 0.2) is 6.07 Å². The molecule has 1 aliphatic rings. The lowest BCUT2D eigenvalue weighted by atomic mass is 10.3. The lowest BCUT2D eigenvalue weighted by molar-refractivity contribution is 0.0521. The number of aromatic amines is 1. The van der Waals surface area contributed by atoms with E-state index >= 15 is 0 Å². The van der Waals surface area contributed by atoms with Crippen molar-refractivity contribution >= 4 is 11.7 Å². The molecule has 1 aliphatic carbocycles. The zero-order chi connectivity index (χ0) is 10.1. The highest BCUT2D eigenvalue weighted by Crippen LogP contribution is 2.40. The fraction of sp³-hybridized carbons (Fsp3) is 0.500. The normalized spacial score (nSPS) is 15.5. The lowest BCUT2D eigenvalue weighted by Gasteiger charge is -1.99. The highest BCUT2D eigenvalue weighted by Gasteiger charge is 2.27. The number of nitrogens with one attached hydrogen (secondary N) is 1. The predicted molar refractivity (Wildman–Crippen MR) is 53.1 cm³/mol. The Balaban J connectivity index is 2.19. The first-order valence-electron chi connectivity index (χ1n) is 4.88. The molecule has 1 fully saturated rings. The topological polar surface area (TPSA) is 68.1 Å². The SMILES string of the molecule is CCOC(=O)c1[nH]c(C2CC2)cc1N.